The molecule has 94 valence electrons. The topological polar surface area (TPSA) is 55.1 Å². The summed E-state index contributed by atoms with van der Waals surface area (Å²) in [4.78, 5) is 0.414. The molecule has 0 aromatic heterocycles. The van der Waals surface area contributed by atoms with Crippen molar-refractivity contribution in [3.63, 3.8) is 0 Å². The molecule has 1 aromatic carbocycles. The van der Waals surface area contributed by atoms with Crippen LogP contribution in [0.2, 0.25) is 0 Å². The van der Waals surface area contributed by atoms with Crippen LogP contribution in [-0.4, -0.2) is 27.2 Å². The van der Waals surface area contributed by atoms with Gasteiger partial charge in [-0.2, -0.15) is 0 Å². The van der Waals surface area contributed by atoms with Crippen LogP contribution < -0.4 is 11.1 Å². The molecule has 3 N–H and O–H groups in total. The highest BCUT2D eigenvalue weighted by Crippen LogP contribution is 2.15. The summed E-state index contributed by atoms with van der Waals surface area (Å²) in [5.74, 6) is 0. The third-order valence-corrected chi connectivity index (χ3v) is 4.17. The van der Waals surface area contributed by atoms with Gasteiger partial charge in [0.15, 0.2) is 0 Å². The Morgan fingerprint density at radius 1 is 1.59 bits per heavy atom. The number of hydrogen-bond donors (Lipinski definition) is 2. The summed E-state index contributed by atoms with van der Waals surface area (Å²) in [5, 5.41) is 3.39. The molecule has 1 aromatic rings. The normalized spacial score (nSPS) is 14.1. The summed E-state index contributed by atoms with van der Waals surface area (Å²) in [6, 6.07) is 5.85. The number of nitrogens with one attached hydrogen (secondary N) is 1. The van der Waals surface area contributed by atoms with Gasteiger partial charge in [-0.05, 0) is 37.6 Å². The molecule has 0 amide bonds. The fraction of sp³-hybridized carbons (Fsp3) is 0.417. The molecule has 0 saturated heterocycles. The van der Waals surface area contributed by atoms with Crippen molar-refractivity contribution in [1.82, 2.24) is 0 Å². The second-order valence-corrected chi connectivity index (χ2v) is 6.33. The molecule has 0 heterocycles. The van der Waals surface area contributed by atoms with Gasteiger partial charge in [-0.15, -0.1) is 0 Å². The maximum Gasteiger partial charge on any atom is 0.104 e. The van der Waals surface area contributed by atoms with Gasteiger partial charge in [0, 0.05) is 40.1 Å². The van der Waals surface area contributed by atoms with Crippen LogP contribution in [0.5, 0.6) is 0 Å². The lowest BCUT2D eigenvalue weighted by Crippen LogP contribution is -2.20. The minimum Gasteiger partial charge on any atom is -0.389 e. The molecule has 0 aliphatic heterocycles. The average Bonchev–Trinajstić information content (AvgIpc) is 2.25. The van der Waals surface area contributed by atoms with E-state index in [4.69, 9.17) is 18.0 Å². The Morgan fingerprint density at radius 2 is 2.24 bits per heavy atom. The van der Waals surface area contributed by atoms with E-state index in [1.807, 2.05) is 32.0 Å². The Balaban J connectivity index is 2.71. The van der Waals surface area contributed by atoms with Crippen LogP contribution in [0, 0.1) is 6.92 Å². The highest BCUT2D eigenvalue weighted by Gasteiger charge is 2.06. The lowest BCUT2D eigenvalue weighted by atomic mass is 10.1. The van der Waals surface area contributed by atoms with Crippen LogP contribution in [0.1, 0.15) is 18.1 Å². The Morgan fingerprint density at radius 3 is 2.71 bits per heavy atom. The van der Waals surface area contributed by atoms with Crippen molar-refractivity contribution >= 4 is 33.7 Å². The van der Waals surface area contributed by atoms with Crippen LogP contribution in [0.15, 0.2) is 18.2 Å². The minimum absolute atomic E-state index is 0.130. The number of aryl methyl sites for hydroxylation is 1. The molecular formula is C12H18N2OS2. The van der Waals surface area contributed by atoms with Crippen molar-refractivity contribution < 1.29 is 4.21 Å². The van der Waals surface area contributed by atoms with Crippen LogP contribution >= 0.6 is 12.2 Å². The van der Waals surface area contributed by atoms with Crippen molar-refractivity contribution in [2.45, 2.75) is 19.1 Å². The number of benzene rings is 1. The predicted octanol–water partition coefficient (Wildman–Crippen LogP) is 1.81. The molecule has 2 unspecified atom stereocenters. The van der Waals surface area contributed by atoms with Gasteiger partial charge in [0.05, 0.1) is 0 Å². The fourth-order valence-electron chi connectivity index (χ4n) is 1.43. The molecule has 0 aliphatic rings. The van der Waals surface area contributed by atoms with Crippen molar-refractivity contribution in [1.29, 1.82) is 0 Å². The molecule has 0 fully saturated rings. The third kappa shape index (κ3) is 4.09. The highest BCUT2D eigenvalue weighted by atomic mass is 32.2. The lowest BCUT2D eigenvalue weighted by Gasteiger charge is -2.12. The second kappa shape index (κ2) is 6.12. The quantitative estimate of drug-likeness (QED) is 0.801. The second-order valence-electron chi connectivity index (χ2n) is 4.08. The van der Waals surface area contributed by atoms with Gasteiger partial charge in [-0.25, -0.2) is 0 Å². The molecule has 5 heteroatoms. The van der Waals surface area contributed by atoms with Crippen molar-refractivity contribution in [2.75, 3.05) is 18.1 Å². The molecule has 0 bridgehead atoms. The van der Waals surface area contributed by atoms with E-state index >= 15 is 0 Å². The van der Waals surface area contributed by atoms with Gasteiger partial charge in [-0.3, -0.25) is 4.21 Å². The van der Waals surface area contributed by atoms with Gasteiger partial charge < -0.3 is 11.1 Å². The maximum atomic E-state index is 11.2. The van der Waals surface area contributed by atoms with Crippen molar-refractivity contribution in [2.24, 2.45) is 5.73 Å². The Kier molecular flexibility index (Phi) is 5.08. The number of nitrogens with two attached hydrogens (primary N) is 1. The van der Waals surface area contributed by atoms with Crippen molar-refractivity contribution in [3.05, 3.63) is 29.3 Å². The van der Waals surface area contributed by atoms with Crippen LogP contribution in [0.3, 0.4) is 0 Å². The summed E-state index contributed by atoms with van der Waals surface area (Å²) in [6.45, 7) is 4.62. The lowest BCUT2D eigenvalue weighted by molar-refractivity contribution is 0.679. The van der Waals surface area contributed by atoms with E-state index in [0.29, 0.717) is 11.5 Å². The Hall–Kier alpha value is -0.940. The van der Waals surface area contributed by atoms with Gasteiger partial charge >= 0.3 is 0 Å². The first-order valence-electron chi connectivity index (χ1n) is 5.38. The zero-order valence-corrected chi connectivity index (χ0v) is 12.0. The number of anilines is 1. The first kappa shape index (κ1) is 14.1. The average molecular weight is 270 g/mol. The van der Waals surface area contributed by atoms with E-state index < -0.39 is 10.8 Å². The van der Waals surface area contributed by atoms with E-state index in [1.54, 1.807) is 6.26 Å². The van der Waals surface area contributed by atoms with Gasteiger partial charge in [0.1, 0.15) is 4.99 Å². The molecule has 0 aliphatic carbocycles. The smallest absolute Gasteiger partial charge is 0.104 e. The molecule has 0 saturated carbocycles. The first-order chi connectivity index (χ1) is 7.91. The molecule has 17 heavy (non-hydrogen) atoms. The predicted molar refractivity (Wildman–Crippen MR) is 79.1 cm³/mol. The SMILES string of the molecule is Cc1cc(NCC(C)S(C)=O)ccc1C(N)=S. The number of thiocarbonyl (C=S) groups is 1. The fourth-order valence-corrected chi connectivity index (χ4v) is 1.98. The van der Waals surface area contributed by atoms with E-state index in [-0.39, 0.29) is 5.25 Å². The van der Waals surface area contributed by atoms with Crippen LogP contribution in [-0.2, 0) is 10.8 Å². The summed E-state index contributed by atoms with van der Waals surface area (Å²) in [6.07, 6.45) is 1.72. The summed E-state index contributed by atoms with van der Waals surface area (Å²) in [7, 11) is -0.804. The van der Waals surface area contributed by atoms with E-state index in [2.05, 4.69) is 5.32 Å². The molecule has 0 radical (unpaired) electrons. The van der Waals surface area contributed by atoms with Crippen LogP contribution in [0.25, 0.3) is 0 Å². The molecule has 2 atom stereocenters. The first-order valence-corrected chi connectivity index (χ1v) is 7.41. The third-order valence-electron chi connectivity index (χ3n) is 2.65. The van der Waals surface area contributed by atoms with Crippen LogP contribution in [0.4, 0.5) is 5.69 Å². The molecule has 3 nitrogen and oxygen atoms in total. The Labute approximate surface area is 110 Å². The highest BCUT2D eigenvalue weighted by molar-refractivity contribution is 7.84. The van der Waals surface area contributed by atoms with Crippen molar-refractivity contribution in [3.8, 4) is 0 Å². The summed E-state index contributed by atoms with van der Waals surface area (Å²) >= 11 is 4.95. The van der Waals surface area contributed by atoms with Gasteiger partial charge in [0.25, 0.3) is 0 Å². The largest absolute Gasteiger partial charge is 0.389 e. The summed E-state index contributed by atoms with van der Waals surface area (Å²) in [5.41, 5.74) is 8.55. The maximum absolute atomic E-state index is 11.2. The Bertz CT molecular complexity index is 446. The molecule has 0 spiro atoms. The molecular weight excluding hydrogens is 252 g/mol. The van der Waals surface area contributed by atoms with E-state index in [1.165, 1.54) is 0 Å². The molecule has 1 rings (SSSR count). The monoisotopic (exact) mass is 270 g/mol. The van der Waals surface area contributed by atoms with Gasteiger partial charge in [-0.1, -0.05) is 12.2 Å². The number of hydrogen-bond acceptors (Lipinski definition) is 3. The number of rotatable bonds is 5. The van der Waals surface area contributed by atoms with E-state index in [0.717, 1.165) is 16.8 Å². The summed E-state index contributed by atoms with van der Waals surface area (Å²) < 4.78 is 11.2. The standard InChI is InChI=1S/C12H18N2OS2/c1-8-6-10(4-5-11(8)12(13)16)14-7-9(2)17(3)15/h4-6,9,14H,7H2,1-3H3,(H2,13,16). The zero-order valence-electron chi connectivity index (χ0n) is 10.3. The van der Waals surface area contributed by atoms with E-state index in [9.17, 15) is 4.21 Å². The zero-order chi connectivity index (χ0) is 13.0. The minimum atomic E-state index is -0.804. The van der Waals surface area contributed by atoms with Gasteiger partial charge in [0.2, 0.25) is 0 Å².